The second kappa shape index (κ2) is 3.83. The van der Waals surface area contributed by atoms with Crippen molar-refractivity contribution in [1.29, 1.82) is 0 Å². The molecular weight excluding hydrogens is 230 g/mol. The number of halogens is 1. The summed E-state index contributed by atoms with van der Waals surface area (Å²) in [5, 5.41) is 1.39. The standard InChI is InChI=1S/C11H10ClNOS/c1-2-6-3-4-7-8(5-6)15-10(9(7)12)11(13)14/h3-5H,2H2,1H3,(H2,13,14). The van der Waals surface area contributed by atoms with Crippen LogP contribution in [0.2, 0.25) is 5.02 Å². The monoisotopic (exact) mass is 239 g/mol. The van der Waals surface area contributed by atoms with E-state index < -0.39 is 5.91 Å². The van der Waals surface area contributed by atoms with Gasteiger partial charge in [0, 0.05) is 10.1 Å². The molecule has 2 nitrogen and oxygen atoms in total. The van der Waals surface area contributed by atoms with Crippen molar-refractivity contribution in [1.82, 2.24) is 0 Å². The molecule has 0 aliphatic heterocycles. The van der Waals surface area contributed by atoms with Gasteiger partial charge in [-0.1, -0.05) is 30.7 Å². The summed E-state index contributed by atoms with van der Waals surface area (Å²) in [6.45, 7) is 2.09. The number of amides is 1. The van der Waals surface area contributed by atoms with Gasteiger partial charge < -0.3 is 5.73 Å². The number of hydrogen-bond donors (Lipinski definition) is 1. The van der Waals surface area contributed by atoms with E-state index >= 15 is 0 Å². The van der Waals surface area contributed by atoms with E-state index in [9.17, 15) is 4.79 Å². The molecule has 78 valence electrons. The molecule has 1 amide bonds. The summed E-state index contributed by atoms with van der Waals surface area (Å²) in [6, 6.07) is 6.02. The van der Waals surface area contributed by atoms with Gasteiger partial charge in [0.15, 0.2) is 0 Å². The molecule has 4 heteroatoms. The van der Waals surface area contributed by atoms with E-state index in [1.54, 1.807) is 0 Å². The average Bonchev–Trinajstić information content (AvgIpc) is 2.55. The van der Waals surface area contributed by atoms with Gasteiger partial charge in [0.25, 0.3) is 5.91 Å². The predicted molar refractivity (Wildman–Crippen MR) is 64.7 cm³/mol. The van der Waals surface area contributed by atoms with Gasteiger partial charge in [-0.15, -0.1) is 11.3 Å². The summed E-state index contributed by atoms with van der Waals surface area (Å²) in [5.74, 6) is -0.459. The maximum absolute atomic E-state index is 11.1. The molecule has 0 atom stereocenters. The maximum atomic E-state index is 11.1. The van der Waals surface area contributed by atoms with Crippen molar-refractivity contribution >= 4 is 38.9 Å². The molecule has 0 aliphatic rings. The maximum Gasteiger partial charge on any atom is 0.260 e. The first-order valence-corrected chi connectivity index (χ1v) is 5.83. The highest BCUT2D eigenvalue weighted by atomic mass is 35.5. The van der Waals surface area contributed by atoms with Gasteiger partial charge in [-0.3, -0.25) is 4.79 Å². The Bertz CT molecular complexity index is 533. The molecule has 0 saturated carbocycles. The SMILES string of the molecule is CCc1ccc2c(Cl)c(C(N)=O)sc2c1. The zero-order chi connectivity index (χ0) is 11.0. The van der Waals surface area contributed by atoms with Crippen LogP contribution >= 0.6 is 22.9 Å². The zero-order valence-corrected chi connectivity index (χ0v) is 9.78. The molecule has 0 unspecified atom stereocenters. The van der Waals surface area contributed by atoms with Crippen molar-refractivity contribution in [3.63, 3.8) is 0 Å². The second-order valence-electron chi connectivity index (χ2n) is 3.29. The third-order valence-electron chi connectivity index (χ3n) is 2.33. The van der Waals surface area contributed by atoms with Crippen molar-refractivity contribution < 1.29 is 4.79 Å². The molecule has 0 bridgehead atoms. The van der Waals surface area contributed by atoms with E-state index in [-0.39, 0.29) is 0 Å². The Hall–Kier alpha value is -1.06. The van der Waals surface area contributed by atoms with E-state index in [0.717, 1.165) is 16.5 Å². The molecule has 0 fully saturated rings. The molecule has 1 aromatic carbocycles. The highest BCUT2D eigenvalue weighted by Gasteiger charge is 2.14. The van der Waals surface area contributed by atoms with E-state index in [0.29, 0.717) is 9.90 Å². The third-order valence-corrected chi connectivity index (χ3v) is 4.00. The fourth-order valence-corrected chi connectivity index (χ4v) is 2.93. The van der Waals surface area contributed by atoms with Crippen LogP contribution < -0.4 is 5.73 Å². The lowest BCUT2D eigenvalue weighted by Gasteiger charge is -1.95. The largest absolute Gasteiger partial charge is 0.365 e. The third kappa shape index (κ3) is 1.73. The van der Waals surface area contributed by atoms with Gasteiger partial charge in [0.05, 0.1) is 5.02 Å². The molecule has 15 heavy (non-hydrogen) atoms. The van der Waals surface area contributed by atoms with Crippen molar-refractivity contribution in [2.24, 2.45) is 5.73 Å². The highest BCUT2D eigenvalue weighted by molar-refractivity contribution is 7.21. The minimum Gasteiger partial charge on any atom is -0.365 e. The molecule has 0 saturated heterocycles. The first kappa shape index (κ1) is 10.5. The Morgan fingerprint density at radius 1 is 1.53 bits per heavy atom. The van der Waals surface area contributed by atoms with Gasteiger partial charge in [0.1, 0.15) is 4.88 Å². The number of fused-ring (bicyclic) bond motifs is 1. The van der Waals surface area contributed by atoms with E-state index in [1.807, 2.05) is 12.1 Å². The molecule has 0 radical (unpaired) electrons. The van der Waals surface area contributed by atoms with Crippen LogP contribution in [0.1, 0.15) is 22.2 Å². The highest BCUT2D eigenvalue weighted by Crippen LogP contribution is 2.35. The van der Waals surface area contributed by atoms with Crippen LogP contribution in [-0.2, 0) is 6.42 Å². The lowest BCUT2D eigenvalue weighted by Crippen LogP contribution is -2.08. The van der Waals surface area contributed by atoms with Crippen LogP contribution in [0.5, 0.6) is 0 Å². The molecular formula is C11H10ClNOS. The minimum atomic E-state index is -0.459. The van der Waals surface area contributed by atoms with Gasteiger partial charge in [-0.25, -0.2) is 0 Å². The lowest BCUT2D eigenvalue weighted by atomic mass is 10.1. The molecule has 1 heterocycles. The minimum absolute atomic E-state index is 0.444. The van der Waals surface area contributed by atoms with Crippen LogP contribution in [-0.4, -0.2) is 5.91 Å². The number of benzene rings is 1. The van der Waals surface area contributed by atoms with Crippen LogP contribution in [0.15, 0.2) is 18.2 Å². The van der Waals surface area contributed by atoms with Gasteiger partial charge in [-0.05, 0) is 18.1 Å². The van der Waals surface area contributed by atoms with Crippen molar-refractivity contribution in [2.75, 3.05) is 0 Å². The van der Waals surface area contributed by atoms with Gasteiger partial charge >= 0.3 is 0 Å². The first-order valence-electron chi connectivity index (χ1n) is 4.64. The Morgan fingerprint density at radius 3 is 2.87 bits per heavy atom. The number of thiophene rings is 1. The summed E-state index contributed by atoms with van der Waals surface area (Å²) < 4.78 is 1.02. The zero-order valence-electron chi connectivity index (χ0n) is 8.21. The van der Waals surface area contributed by atoms with Crippen LogP contribution in [0.25, 0.3) is 10.1 Å². The summed E-state index contributed by atoms with van der Waals surface area (Å²) in [5.41, 5.74) is 6.47. The number of rotatable bonds is 2. The molecule has 2 aromatic rings. The van der Waals surface area contributed by atoms with E-state index in [1.165, 1.54) is 16.9 Å². The van der Waals surface area contributed by atoms with Crippen molar-refractivity contribution in [3.8, 4) is 0 Å². The summed E-state index contributed by atoms with van der Waals surface area (Å²) in [7, 11) is 0. The Morgan fingerprint density at radius 2 is 2.27 bits per heavy atom. The molecule has 2 N–H and O–H groups in total. The average molecular weight is 240 g/mol. The van der Waals surface area contributed by atoms with Crippen molar-refractivity contribution in [2.45, 2.75) is 13.3 Å². The summed E-state index contributed by atoms with van der Waals surface area (Å²) in [6.07, 6.45) is 0.970. The topological polar surface area (TPSA) is 43.1 Å². The summed E-state index contributed by atoms with van der Waals surface area (Å²) >= 11 is 7.41. The molecule has 2 rings (SSSR count). The van der Waals surface area contributed by atoms with Gasteiger partial charge in [-0.2, -0.15) is 0 Å². The van der Waals surface area contributed by atoms with Crippen LogP contribution in [0.3, 0.4) is 0 Å². The van der Waals surface area contributed by atoms with Crippen molar-refractivity contribution in [3.05, 3.63) is 33.7 Å². The van der Waals surface area contributed by atoms with E-state index in [4.69, 9.17) is 17.3 Å². The number of primary amides is 1. The predicted octanol–water partition coefficient (Wildman–Crippen LogP) is 3.22. The summed E-state index contributed by atoms with van der Waals surface area (Å²) in [4.78, 5) is 11.5. The molecule has 0 aliphatic carbocycles. The number of carbonyl (C=O) groups is 1. The lowest BCUT2D eigenvalue weighted by molar-refractivity contribution is 0.100. The smallest absolute Gasteiger partial charge is 0.260 e. The van der Waals surface area contributed by atoms with Crippen LogP contribution in [0, 0.1) is 0 Å². The normalized spacial score (nSPS) is 10.8. The number of aryl methyl sites for hydroxylation is 1. The Balaban J connectivity index is 2.70. The molecule has 0 spiro atoms. The second-order valence-corrected chi connectivity index (χ2v) is 4.72. The Labute approximate surface area is 96.7 Å². The van der Waals surface area contributed by atoms with Crippen LogP contribution in [0.4, 0.5) is 0 Å². The number of carbonyl (C=O) groups excluding carboxylic acids is 1. The van der Waals surface area contributed by atoms with E-state index in [2.05, 4.69) is 13.0 Å². The fraction of sp³-hybridized carbons (Fsp3) is 0.182. The number of hydrogen-bond acceptors (Lipinski definition) is 2. The number of nitrogens with two attached hydrogens (primary N) is 1. The van der Waals surface area contributed by atoms with Gasteiger partial charge in [0.2, 0.25) is 0 Å². The fourth-order valence-electron chi connectivity index (χ4n) is 1.49. The Kier molecular flexibility index (Phi) is 2.67. The molecule has 1 aromatic heterocycles. The quantitative estimate of drug-likeness (QED) is 0.859. The first-order chi connectivity index (χ1) is 7.13.